The van der Waals surface area contributed by atoms with Gasteiger partial charge in [0, 0.05) is 29.9 Å². The third kappa shape index (κ3) is 3.40. The summed E-state index contributed by atoms with van der Waals surface area (Å²) >= 11 is 0. The van der Waals surface area contributed by atoms with Gasteiger partial charge in [0.1, 0.15) is 23.0 Å². The smallest absolute Gasteiger partial charge is 0.291 e. The Morgan fingerprint density at radius 2 is 1.78 bits per heavy atom. The zero-order valence-corrected chi connectivity index (χ0v) is 14.1. The number of hydrogen-bond acceptors (Lipinski definition) is 4. The molecule has 0 aliphatic carbocycles. The minimum absolute atomic E-state index is 0.0824. The Bertz CT molecular complexity index is 1080. The summed E-state index contributed by atoms with van der Waals surface area (Å²) in [4.78, 5) is 12.6. The molecule has 0 radical (unpaired) electrons. The molecule has 0 saturated carbocycles. The first-order valence-electron chi connectivity index (χ1n) is 7.98. The van der Waals surface area contributed by atoms with E-state index in [4.69, 9.17) is 0 Å². The predicted octanol–water partition coefficient (Wildman–Crippen LogP) is 3.96. The molecule has 0 saturated heterocycles. The molecule has 0 unspecified atom stereocenters. The summed E-state index contributed by atoms with van der Waals surface area (Å²) in [5.74, 6) is -4.44. The molecule has 27 heavy (non-hydrogen) atoms. The summed E-state index contributed by atoms with van der Waals surface area (Å²) < 4.78 is 41.3. The zero-order valence-electron chi connectivity index (χ0n) is 14.1. The van der Waals surface area contributed by atoms with Crippen molar-refractivity contribution < 1.29 is 13.2 Å². The van der Waals surface area contributed by atoms with E-state index in [-0.39, 0.29) is 29.2 Å². The number of halogens is 3. The van der Waals surface area contributed by atoms with Crippen molar-refractivity contribution in [3.63, 3.8) is 0 Å². The van der Waals surface area contributed by atoms with Crippen LogP contribution in [0.25, 0.3) is 11.3 Å². The molecule has 1 aromatic heterocycles. The molecule has 0 amide bonds. The van der Waals surface area contributed by atoms with Gasteiger partial charge in [0.15, 0.2) is 17.5 Å². The normalized spacial score (nSPS) is 10.5. The third-order valence-corrected chi connectivity index (χ3v) is 3.87. The first-order chi connectivity index (χ1) is 13.0. The Balaban J connectivity index is 2.23. The molecule has 3 rings (SSSR count). The largest absolute Gasteiger partial charge is 0.350 e. The summed E-state index contributed by atoms with van der Waals surface area (Å²) in [6, 6.07) is 12.0. The van der Waals surface area contributed by atoms with Gasteiger partial charge in [-0.05, 0) is 6.92 Å². The summed E-state index contributed by atoms with van der Waals surface area (Å²) in [7, 11) is 0. The lowest BCUT2D eigenvalue weighted by Gasteiger charge is -2.14. The van der Waals surface area contributed by atoms with Crippen LogP contribution >= 0.6 is 0 Å². The number of anilines is 2. The van der Waals surface area contributed by atoms with E-state index in [2.05, 4.69) is 10.4 Å². The van der Waals surface area contributed by atoms with Gasteiger partial charge in [0.05, 0.1) is 0 Å². The lowest BCUT2D eigenvalue weighted by atomic mass is 10.1. The Morgan fingerprint density at radius 1 is 1.15 bits per heavy atom. The Kier molecular flexibility index (Phi) is 4.94. The average Bonchev–Trinajstić information content (AvgIpc) is 2.68. The highest BCUT2D eigenvalue weighted by Gasteiger charge is 2.20. The van der Waals surface area contributed by atoms with E-state index in [1.165, 1.54) is 0 Å². The molecule has 1 N–H and O–H groups in total. The van der Waals surface area contributed by atoms with Gasteiger partial charge in [-0.2, -0.15) is 10.4 Å². The van der Waals surface area contributed by atoms with Crippen molar-refractivity contribution in [2.24, 2.45) is 0 Å². The second-order valence-corrected chi connectivity index (χ2v) is 5.58. The van der Waals surface area contributed by atoms with Crippen LogP contribution in [0.1, 0.15) is 12.5 Å². The van der Waals surface area contributed by atoms with Gasteiger partial charge in [-0.1, -0.05) is 30.3 Å². The standard InChI is InChI=1S/C19H13F3N4O/c1-2-26-19(27)18(24-12-8-14(20)16(22)15(21)9-12)13(10-23)17(25-26)11-6-4-3-5-7-11/h3-9,24H,2H2,1H3. The summed E-state index contributed by atoms with van der Waals surface area (Å²) in [6.45, 7) is 1.90. The molecule has 0 atom stereocenters. The number of aryl methyl sites for hydroxylation is 1. The van der Waals surface area contributed by atoms with E-state index < -0.39 is 23.0 Å². The second-order valence-electron chi connectivity index (χ2n) is 5.58. The first-order valence-corrected chi connectivity index (χ1v) is 7.98. The Hall–Kier alpha value is -3.60. The number of benzene rings is 2. The molecule has 5 nitrogen and oxygen atoms in total. The van der Waals surface area contributed by atoms with Gasteiger partial charge < -0.3 is 5.32 Å². The van der Waals surface area contributed by atoms with Crippen LogP contribution in [0.4, 0.5) is 24.5 Å². The monoisotopic (exact) mass is 370 g/mol. The van der Waals surface area contributed by atoms with Crippen molar-refractivity contribution in [3.05, 3.63) is 75.8 Å². The fourth-order valence-electron chi connectivity index (χ4n) is 2.58. The van der Waals surface area contributed by atoms with Crippen LogP contribution in [-0.2, 0) is 6.54 Å². The summed E-state index contributed by atoms with van der Waals surface area (Å²) in [6.07, 6.45) is 0. The number of nitrogens with one attached hydrogen (secondary N) is 1. The van der Waals surface area contributed by atoms with Gasteiger partial charge in [0.25, 0.3) is 5.56 Å². The molecule has 1 heterocycles. The quantitative estimate of drug-likeness (QED) is 0.706. The predicted molar refractivity (Wildman–Crippen MR) is 93.9 cm³/mol. The van der Waals surface area contributed by atoms with E-state index in [9.17, 15) is 23.2 Å². The van der Waals surface area contributed by atoms with E-state index >= 15 is 0 Å². The Labute approximate surface area is 152 Å². The number of rotatable bonds is 4. The van der Waals surface area contributed by atoms with Gasteiger partial charge in [0.2, 0.25) is 0 Å². The number of nitrogens with zero attached hydrogens (tertiary/aromatic N) is 3. The maximum atomic E-state index is 13.5. The summed E-state index contributed by atoms with van der Waals surface area (Å²) in [5.41, 5.74) is -0.285. The van der Waals surface area contributed by atoms with Crippen LogP contribution < -0.4 is 10.9 Å². The van der Waals surface area contributed by atoms with Gasteiger partial charge in [-0.15, -0.1) is 0 Å². The van der Waals surface area contributed by atoms with Crippen LogP contribution in [0.15, 0.2) is 47.3 Å². The minimum Gasteiger partial charge on any atom is -0.350 e. The number of hydrogen-bond donors (Lipinski definition) is 1. The fourth-order valence-corrected chi connectivity index (χ4v) is 2.58. The molecule has 136 valence electrons. The number of aromatic nitrogens is 2. The van der Waals surface area contributed by atoms with E-state index in [0.717, 1.165) is 4.68 Å². The molecule has 0 aliphatic rings. The minimum atomic E-state index is -1.62. The van der Waals surface area contributed by atoms with Crippen molar-refractivity contribution >= 4 is 11.4 Å². The average molecular weight is 370 g/mol. The van der Waals surface area contributed by atoms with Crippen LogP contribution in [0, 0.1) is 28.8 Å². The molecular formula is C19H13F3N4O. The summed E-state index contributed by atoms with van der Waals surface area (Å²) in [5, 5.41) is 16.4. The molecule has 3 aromatic rings. The van der Waals surface area contributed by atoms with E-state index in [1.54, 1.807) is 37.3 Å². The molecule has 0 fully saturated rings. The molecule has 2 aromatic carbocycles. The topological polar surface area (TPSA) is 70.7 Å². The second kappa shape index (κ2) is 7.33. The highest BCUT2D eigenvalue weighted by atomic mass is 19.2. The van der Waals surface area contributed by atoms with E-state index in [0.29, 0.717) is 17.7 Å². The Morgan fingerprint density at radius 3 is 2.33 bits per heavy atom. The van der Waals surface area contributed by atoms with Gasteiger partial charge in [-0.25, -0.2) is 17.9 Å². The van der Waals surface area contributed by atoms with Crippen LogP contribution in [-0.4, -0.2) is 9.78 Å². The maximum Gasteiger partial charge on any atom is 0.291 e. The maximum absolute atomic E-state index is 13.5. The highest BCUT2D eigenvalue weighted by Crippen LogP contribution is 2.27. The molecule has 0 aliphatic heterocycles. The lowest BCUT2D eigenvalue weighted by Crippen LogP contribution is -2.26. The first kappa shape index (κ1) is 18.2. The van der Waals surface area contributed by atoms with Crippen LogP contribution in [0.2, 0.25) is 0 Å². The van der Waals surface area contributed by atoms with Crippen molar-refractivity contribution in [2.45, 2.75) is 13.5 Å². The lowest BCUT2D eigenvalue weighted by molar-refractivity contribution is 0.448. The van der Waals surface area contributed by atoms with Crippen LogP contribution in [0.5, 0.6) is 0 Å². The SMILES string of the molecule is CCn1nc(-c2ccccc2)c(C#N)c(Nc2cc(F)c(F)c(F)c2)c1=O. The zero-order chi connectivity index (χ0) is 19.6. The fraction of sp³-hybridized carbons (Fsp3) is 0.105. The van der Waals surface area contributed by atoms with Crippen molar-refractivity contribution in [3.8, 4) is 17.3 Å². The van der Waals surface area contributed by atoms with Gasteiger partial charge in [-0.3, -0.25) is 4.79 Å². The third-order valence-electron chi connectivity index (χ3n) is 3.87. The molecule has 0 spiro atoms. The highest BCUT2D eigenvalue weighted by molar-refractivity contribution is 5.76. The molecule has 0 bridgehead atoms. The van der Waals surface area contributed by atoms with Crippen molar-refractivity contribution in [1.29, 1.82) is 5.26 Å². The number of nitriles is 1. The molecule has 8 heteroatoms. The van der Waals surface area contributed by atoms with E-state index in [1.807, 2.05) is 6.07 Å². The van der Waals surface area contributed by atoms with Gasteiger partial charge >= 0.3 is 0 Å². The molecular weight excluding hydrogens is 357 g/mol. The van der Waals surface area contributed by atoms with Crippen molar-refractivity contribution in [2.75, 3.05) is 5.32 Å². The van der Waals surface area contributed by atoms with Crippen LogP contribution in [0.3, 0.4) is 0 Å². The van der Waals surface area contributed by atoms with Crippen molar-refractivity contribution in [1.82, 2.24) is 9.78 Å².